The van der Waals surface area contributed by atoms with E-state index < -0.39 is 5.97 Å². The van der Waals surface area contributed by atoms with E-state index in [9.17, 15) is 4.79 Å². The summed E-state index contributed by atoms with van der Waals surface area (Å²) in [5, 5.41) is 12.9. The van der Waals surface area contributed by atoms with Crippen LogP contribution in [0.15, 0.2) is 0 Å². The lowest BCUT2D eigenvalue weighted by Crippen LogP contribution is -2.33. The summed E-state index contributed by atoms with van der Waals surface area (Å²) in [6, 6.07) is 0. The monoisotopic (exact) mass is 240 g/mol. The molecule has 1 aromatic rings. The van der Waals surface area contributed by atoms with Crippen LogP contribution in [0.2, 0.25) is 0 Å². The van der Waals surface area contributed by atoms with E-state index in [1.807, 2.05) is 0 Å². The summed E-state index contributed by atoms with van der Waals surface area (Å²) < 4.78 is 0. The van der Waals surface area contributed by atoms with E-state index in [2.05, 4.69) is 17.2 Å². The summed E-state index contributed by atoms with van der Waals surface area (Å²) in [6.07, 6.45) is 3.79. The first kappa shape index (κ1) is 11.4. The molecule has 0 saturated heterocycles. The smallest absolute Gasteiger partial charge is 0.347 e. The van der Waals surface area contributed by atoms with Crippen molar-refractivity contribution in [3.8, 4) is 0 Å². The molecule has 4 nitrogen and oxygen atoms in total. The second-order valence-corrected chi connectivity index (χ2v) is 5.76. The normalized spacial score (nSPS) is 17.9. The van der Waals surface area contributed by atoms with Gasteiger partial charge in [-0.3, -0.25) is 0 Å². The van der Waals surface area contributed by atoms with Gasteiger partial charge in [-0.1, -0.05) is 24.7 Å². The average molecular weight is 240 g/mol. The van der Waals surface area contributed by atoms with E-state index in [0.29, 0.717) is 16.0 Å². The van der Waals surface area contributed by atoms with Gasteiger partial charge < -0.3 is 10.4 Å². The molecule has 2 N–H and O–H groups in total. The lowest BCUT2D eigenvalue weighted by molar-refractivity contribution is 0.0701. The number of carboxylic acids is 1. The maximum Gasteiger partial charge on any atom is 0.347 e. The standard InChI is InChI=1S/C11H16N2O2S/c1-7-8(9(14)15)16-10(13-7)12-6-11(2)4-3-5-11/h3-6H2,1-2H3,(H,12,13)(H,14,15). The Morgan fingerprint density at radius 3 is 2.75 bits per heavy atom. The van der Waals surface area contributed by atoms with Crippen molar-refractivity contribution in [3.63, 3.8) is 0 Å². The summed E-state index contributed by atoms with van der Waals surface area (Å²) >= 11 is 1.22. The molecule has 0 aromatic carbocycles. The van der Waals surface area contributed by atoms with E-state index in [-0.39, 0.29) is 0 Å². The van der Waals surface area contributed by atoms with Gasteiger partial charge in [-0.15, -0.1) is 0 Å². The molecule has 1 saturated carbocycles. The highest BCUT2D eigenvalue weighted by Gasteiger charge is 2.31. The molecule has 2 rings (SSSR count). The zero-order chi connectivity index (χ0) is 11.8. The summed E-state index contributed by atoms with van der Waals surface area (Å²) in [5.41, 5.74) is 0.974. The van der Waals surface area contributed by atoms with Gasteiger partial charge in [0.05, 0.1) is 5.69 Å². The highest BCUT2D eigenvalue weighted by atomic mass is 32.1. The minimum atomic E-state index is -0.891. The number of thiazole rings is 1. The predicted molar refractivity (Wildman–Crippen MR) is 64.3 cm³/mol. The maximum atomic E-state index is 10.8. The minimum absolute atomic E-state index is 0.335. The predicted octanol–water partition coefficient (Wildman–Crippen LogP) is 2.75. The van der Waals surface area contributed by atoms with Gasteiger partial charge in [-0.25, -0.2) is 9.78 Å². The largest absolute Gasteiger partial charge is 0.477 e. The fourth-order valence-electron chi connectivity index (χ4n) is 1.92. The summed E-state index contributed by atoms with van der Waals surface area (Å²) in [4.78, 5) is 15.4. The van der Waals surface area contributed by atoms with Gasteiger partial charge in [-0.2, -0.15) is 0 Å². The number of nitrogens with one attached hydrogen (secondary N) is 1. The average Bonchev–Trinajstić information content (AvgIpc) is 2.54. The number of rotatable bonds is 4. The molecule has 5 heteroatoms. The van der Waals surface area contributed by atoms with Crippen molar-refractivity contribution in [1.29, 1.82) is 0 Å². The van der Waals surface area contributed by atoms with Crippen LogP contribution in [0.4, 0.5) is 5.13 Å². The Morgan fingerprint density at radius 1 is 1.62 bits per heavy atom. The molecule has 88 valence electrons. The van der Waals surface area contributed by atoms with Crippen LogP contribution in [-0.2, 0) is 0 Å². The molecule has 0 unspecified atom stereocenters. The maximum absolute atomic E-state index is 10.8. The van der Waals surface area contributed by atoms with Gasteiger partial charge in [0.15, 0.2) is 5.13 Å². The number of carboxylic acid groups (broad SMARTS) is 1. The second-order valence-electron chi connectivity index (χ2n) is 4.76. The molecule has 0 radical (unpaired) electrons. The van der Waals surface area contributed by atoms with Crippen LogP contribution in [0.5, 0.6) is 0 Å². The number of hydrogen-bond donors (Lipinski definition) is 2. The minimum Gasteiger partial charge on any atom is -0.477 e. The number of anilines is 1. The first-order chi connectivity index (χ1) is 7.50. The van der Waals surface area contributed by atoms with Crippen molar-refractivity contribution >= 4 is 22.4 Å². The van der Waals surface area contributed by atoms with E-state index in [0.717, 1.165) is 11.7 Å². The Bertz CT molecular complexity index is 410. The molecule has 0 aliphatic heterocycles. The quantitative estimate of drug-likeness (QED) is 0.849. The summed E-state index contributed by atoms with van der Waals surface area (Å²) in [7, 11) is 0. The number of carbonyl (C=O) groups is 1. The molecule has 1 aromatic heterocycles. The molecule has 0 atom stereocenters. The molecule has 1 heterocycles. The van der Waals surface area contributed by atoms with Crippen molar-refractivity contribution in [2.24, 2.45) is 5.41 Å². The van der Waals surface area contributed by atoms with E-state index in [4.69, 9.17) is 5.11 Å². The zero-order valence-corrected chi connectivity index (χ0v) is 10.4. The molecule has 0 amide bonds. The van der Waals surface area contributed by atoms with Crippen molar-refractivity contribution < 1.29 is 9.90 Å². The van der Waals surface area contributed by atoms with Crippen LogP contribution < -0.4 is 5.32 Å². The third-order valence-corrected chi connectivity index (χ3v) is 4.32. The van der Waals surface area contributed by atoms with Gasteiger partial charge in [-0.05, 0) is 25.2 Å². The van der Waals surface area contributed by atoms with Crippen LogP contribution >= 0.6 is 11.3 Å². The Hall–Kier alpha value is -1.10. The van der Waals surface area contributed by atoms with Crippen LogP contribution in [0, 0.1) is 12.3 Å². The van der Waals surface area contributed by atoms with Gasteiger partial charge in [0, 0.05) is 6.54 Å². The number of aromatic carboxylic acids is 1. The summed E-state index contributed by atoms with van der Waals surface area (Å²) in [6.45, 7) is 4.87. The number of aromatic nitrogens is 1. The lowest BCUT2D eigenvalue weighted by Gasteiger charge is -2.38. The third kappa shape index (κ3) is 2.19. The molecular formula is C11H16N2O2S. The molecule has 0 bridgehead atoms. The molecule has 1 aliphatic carbocycles. The van der Waals surface area contributed by atoms with E-state index in [1.54, 1.807) is 6.92 Å². The fourth-order valence-corrected chi connectivity index (χ4v) is 2.72. The highest BCUT2D eigenvalue weighted by molar-refractivity contribution is 7.17. The topological polar surface area (TPSA) is 62.2 Å². The Kier molecular flexibility index (Phi) is 2.88. The SMILES string of the molecule is Cc1nc(NCC2(C)CCC2)sc1C(=O)O. The van der Waals surface area contributed by atoms with Crippen molar-refractivity contribution in [2.75, 3.05) is 11.9 Å². The lowest BCUT2D eigenvalue weighted by atomic mass is 9.70. The first-order valence-electron chi connectivity index (χ1n) is 5.45. The van der Waals surface area contributed by atoms with Gasteiger partial charge in [0.2, 0.25) is 0 Å². The fraction of sp³-hybridized carbons (Fsp3) is 0.636. The number of nitrogens with zero attached hydrogens (tertiary/aromatic N) is 1. The van der Waals surface area contributed by atoms with Crippen LogP contribution in [0.1, 0.15) is 41.6 Å². The van der Waals surface area contributed by atoms with Crippen LogP contribution in [-0.4, -0.2) is 22.6 Å². The number of aryl methyl sites for hydroxylation is 1. The van der Waals surface area contributed by atoms with E-state index >= 15 is 0 Å². The molecule has 1 aliphatic rings. The Balaban J connectivity index is 1.99. The molecule has 0 spiro atoms. The van der Waals surface area contributed by atoms with Crippen LogP contribution in [0.25, 0.3) is 0 Å². The Morgan fingerprint density at radius 2 is 2.31 bits per heavy atom. The van der Waals surface area contributed by atoms with Crippen molar-refractivity contribution in [3.05, 3.63) is 10.6 Å². The van der Waals surface area contributed by atoms with Gasteiger partial charge >= 0.3 is 5.97 Å². The molecule has 16 heavy (non-hydrogen) atoms. The van der Waals surface area contributed by atoms with Gasteiger partial charge in [0.25, 0.3) is 0 Å². The van der Waals surface area contributed by atoms with Crippen molar-refractivity contribution in [2.45, 2.75) is 33.1 Å². The zero-order valence-electron chi connectivity index (χ0n) is 9.54. The highest BCUT2D eigenvalue weighted by Crippen LogP contribution is 2.40. The van der Waals surface area contributed by atoms with Crippen molar-refractivity contribution in [1.82, 2.24) is 4.98 Å². The Labute approximate surface area is 98.7 Å². The molecule has 1 fully saturated rings. The third-order valence-electron chi connectivity index (χ3n) is 3.22. The van der Waals surface area contributed by atoms with Crippen LogP contribution in [0.3, 0.4) is 0 Å². The number of hydrogen-bond acceptors (Lipinski definition) is 4. The van der Waals surface area contributed by atoms with Gasteiger partial charge in [0.1, 0.15) is 4.88 Å². The first-order valence-corrected chi connectivity index (χ1v) is 6.26. The van der Waals surface area contributed by atoms with E-state index in [1.165, 1.54) is 30.6 Å². The second kappa shape index (κ2) is 4.05. The summed E-state index contributed by atoms with van der Waals surface area (Å²) in [5.74, 6) is -0.891. The molecular weight excluding hydrogens is 224 g/mol.